The van der Waals surface area contributed by atoms with Gasteiger partial charge in [0.05, 0.1) is 0 Å². The second-order valence-electron chi connectivity index (χ2n) is 7.91. The molecule has 3 atom stereocenters. The molecule has 0 aromatic heterocycles. The number of hydrogen-bond donors (Lipinski definition) is 1. The monoisotopic (exact) mass is 280 g/mol. The molecule has 2 rings (SSSR count). The molecule has 0 amide bonds. The van der Waals surface area contributed by atoms with Crippen LogP contribution in [0.4, 0.5) is 0 Å². The summed E-state index contributed by atoms with van der Waals surface area (Å²) in [6.07, 6.45) is 9.74. The Labute approximate surface area is 126 Å². The SMILES string of the molecule is CCCNC1C(CN2CCCCC2C)CCCC1(C)C. The minimum atomic E-state index is 0.469. The smallest absolute Gasteiger partial charge is 0.0159 e. The lowest BCUT2D eigenvalue weighted by Gasteiger charge is -2.47. The highest BCUT2D eigenvalue weighted by atomic mass is 15.2. The zero-order valence-corrected chi connectivity index (χ0v) is 14.3. The van der Waals surface area contributed by atoms with Gasteiger partial charge in [-0.2, -0.15) is 0 Å². The Balaban J connectivity index is 1.98. The van der Waals surface area contributed by atoms with E-state index in [1.807, 2.05) is 0 Å². The van der Waals surface area contributed by atoms with Gasteiger partial charge in [0.25, 0.3) is 0 Å². The zero-order chi connectivity index (χ0) is 14.6. The van der Waals surface area contributed by atoms with Crippen molar-refractivity contribution in [2.45, 2.75) is 84.7 Å². The van der Waals surface area contributed by atoms with Gasteiger partial charge in [0.1, 0.15) is 0 Å². The van der Waals surface area contributed by atoms with Crippen molar-refractivity contribution in [1.29, 1.82) is 0 Å². The molecule has 0 bridgehead atoms. The molecule has 1 aliphatic carbocycles. The van der Waals surface area contributed by atoms with Gasteiger partial charge >= 0.3 is 0 Å². The van der Waals surface area contributed by atoms with Crippen LogP contribution in [0.1, 0.15) is 72.6 Å². The third-order valence-electron chi connectivity index (χ3n) is 5.73. The number of nitrogens with zero attached hydrogens (tertiary/aromatic N) is 1. The average molecular weight is 280 g/mol. The minimum absolute atomic E-state index is 0.469. The lowest BCUT2D eigenvalue weighted by Crippen LogP contribution is -2.54. The summed E-state index contributed by atoms with van der Waals surface area (Å²) in [5, 5.41) is 3.89. The normalized spacial score (nSPS) is 35.1. The zero-order valence-electron chi connectivity index (χ0n) is 14.3. The largest absolute Gasteiger partial charge is 0.313 e. The second kappa shape index (κ2) is 7.26. The Morgan fingerprint density at radius 2 is 1.95 bits per heavy atom. The van der Waals surface area contributed by atoms with Gasteiger partial charge in [0.15, 0.2) is 0 Å². The van der Waals surface area contributed by atoms with Crippen molar-refractivity contribution in [3.63, 3.8) is 0 Å². The summed E-state index contributed by atoms with van der Waals surface area (Å²) in [7, 11) is 0. The highest BCUT2D eigenvalue weighted by Crippen LogP contribution is 2.39. The maximum absolute atomic E-state index is 3.89. The van der Waals surface area contributed by atoms with E-state index in [1.165, 1.54) is 64.6 Å². The van der Waals surface area contributed by atoms with E-state index in [-0.39, 0.29) is 0 Å². The summed E-state index contributed by atoms with van der Waals surface area (Å²) >= 11 is 0. The number of rotatable bonds is 5. The van der Waals surface area contributed by atoms with Crippen LogP contribution in [-0.2, 0) is 0 Å². The number of likely N-dealkylation sites (tertiary alicyclic amines) is 1. The van der Waals surface area contributed by atoms with Crippen molar-refractivity contribution in [1.82, 2.24) is 10.2 Å². The van der Waals surface area contributed by atoms with Gasteiger partial charge in [0.2, 0.25) is 0 Å². The summed E-state index contributed by atoms with van der Waals surface area (Å²) in [4.78, 5) is 2.77. The molecule has 1 aliphatic heterocycles. The van der Waals surface area contributed by atoms with Crippen LogP contribution < -0.4 is 5.32 Å². The number of hydrogen-bond acceptors (Lipinski definition) is 2. The van der Waals surface area contributed by atoms with Crippen LogP contribution >= 0.6 is 0 Å². The fourth-order valence-electron chi connectivity index (χ4n) is 4.45. The molecule has 2 heteroatoms. The Morgan fingerprint density at radius 1 is 1.15 bits per heavy atom. The Hall–Kier alpha value is -0.0800. The van der Waals surface area contributed by atoms with E-state index in [1.54, 1.807) is 0 Å². The maximum atomic E-state index is 3.89. The fourth-order valence-corrected chi connectivity index (χ4v) is 4.45. The van der Waals surface area contributed by atoms with E-state index in [9.17, 15) is 0 Å². The molecule has 0 aromatic carbocycles. The van der Waals surface area contributed by atoms with Gasteiger partial charge in [-0.05, 0) is 63.5 Å². The molecule has 0 spiro atoms. The predicted octanol–water partition coefficient (Wildman–Crippen LogP) is 4.06. The molecule has 3 unspecified atom stereocenters. The molecule has 1 saturated heterocycles. The highest BCUT2D eigenvalue weighted by Gasteiger charge is 2.39. The van der Waals surface area contributed by atoms with E-state index < -0.39 is 0 Å². The van der Waals surface area contributed by atoms with E-state index in [2.05, 4.69) is 37.9 Å². The van der Waals surface area contributed by atoms with Crippen molar-refractivity contribution in [2.75, 3.05) is 19.6 Å². The quantitative estimate of drug-likeness (QED) is 0.817. The molecule has 20 heavy (non-hydrogen) atoms. The maximum Gasteiger partial charge on any atom is 0.0159 e. The van der Waals surface area contributed by atoms with E-state index in [4.69, 9.17) is 0 Å². The van der Waals surface area contributed by atoms with Crippen LogP contribution in [0.3, 0.4) is 0 Å². The first kappa shape index (κ1) is 16.3. The molecule has 1 saturated carbocycles. The van der Waals surface area contributed by atoms with Crippen molar-refractivity contribution < 1.29 is 0 Å². The number of piperidine rings is 1. The van der Waals surface area contributed by atoms with Crippen LogP contribution in [0.15, 0.2) is 0 Å². The molecular formula is C18H36N2. The first-order valence-corrected chi connectivity index (χ1v) is 9.02. The van der Waals surface area contributed by atoms with Gasteiger partial charge in [-0.1, -0.05) is 33.6 Å². The summed E-state index contributed by atoms with van der Waals surface area (Å²) in [6, 6.07) is 1.52. The van der Waals surface area contributed by atoms with E-state index >= 15 is 0 Å². The van der Waals surface area contributed by atoms with Crippen molar-refractivity contribution in [2.24, 2.45) is 11.3 Å². The molecule has 2 fully saturated rings. The van der Waals surface area contributed by atoms with Crippen LogP contribution in [-0.4, -0.2) is 36.6 Å². The summed E-state index contributed by atoms with van der Waals surface area (Å²) in [6.45, 7) is 13.5. The Bertz CT molecular complexity index is 287. The standard InChI is InChI=1S/C18H36N2/c1-5-12-19-17-16(10-8-11-18(17,3)4)14-20-13-7-6-9-15(20)2/h15-17,19H,5-14H2,1-4H3. The van der Waals surface area contributed by atoms with Crippen LogP contribution in [0, 0.1) is 11.3 Å². The van der Waals surface area contributed by atoms with Gasteiger partial charge < -0.3 is 10.2 Å². The van der Waals surface area contributed by atoms with Gasteiger partial charge in [-0.15, -0.1) is 0 Å². The third kappa shape index (κ3) is 3.98. The molecule has 2 aliphatic rings. The van der Waals surface area contributed by atoms with Crippen molar-refractivity contribution in [3.05, 3.63) is 0 Å². The highest BCUT2D eigenvalue weighted by molar-refractivity contribution is 4.95. The van der Waals surface area contributed by atoms with Crippen LogP contribution in [0.5, 0.6) is 0 Å². The lowest BCUT2D eigenvalue weighted by atomic mass is 9.67. The summed E-state index contributed by atoms with van der Waals surface area (Å²) in [5.41, 5.74) is 0.469. The van der Waals surface area contributed by atoms with Crippen LogP contribution in [0.2, 0.25) is 0 Å². The Kier molecular flexibility index (Phi) is 5.92. The topological polar surface area (TPSA) is 15.3 Å². The van der Waals surface area contributed by atoms with Crippen molar-refractivity contribution >= 4 is 0 Å². The Morgan fingerprint density at radius 3 is 2.65 bits per heavy atom. The minimum Gasteiger partial charge on any atom is -0.313 e. The summed E-state index contributed by atoms with van der Waals surface area (Å²) < 4.78 is 0. The van der Waals surface area contributed by atoms with E-state index in [0.29, 0.717) is 11.5 Å². The molecule has 118 valence electrons. The molecule has 1 heterocycles. The fraction of sp³-hybridized carbons (Fsp3) is 1.00. The van der Waals surface area contributed by atoms with Crippen molar-refractivity contribution in [3.8, 4) is 0 Å². The predicted molar refractivity (Wildman–Crippen MR) is 88.1 cm³/mol. The second-order valence-corrected chi connectivity index (χ2v) is 7.91. The van der Waals surface area contributed by atoms with Crippen LogP contribution in [0.25, 0.3) is 0 Å². The van der Waals surface area contributed by atoms with Gasteiger partial charge in [0, 0.05) is 18.6 Å². The molecule has 2 nitrogen and oxygen atoms in total. The third-order valence-corrected chi connectivity index (χ3v) is 5.73. The number of nitrogens with one attached hydrogen (secondary N) is 1. The molecular weight excluding hydrogens is 244 g/mol. The molecule has 0 radical (unpaired) electrons. The van der Waals surface area contributed by atoms with Gasteiger partial charge in [-0.25, -0.2) is 0 Å². The van der Waals surface area contributed by atoms with Gasteiger partial charge in [-0.3, -0.25) is 0 Å². The molecule has 1 N–H and O–H groups in total. The first-order valence-electron chi connectivity index (χ1n) is 9.02. The average Bonchev–Trinajstić information content (AvgIpc) is 2.40. The summed E-state index contributed by atoms with van der Waals surface area (Å²) in [5.74, 6) is 0.853. The van der Waals surface area contributed by atoms with E-state index in [0.717, 1.165) is 12.0 Å². The first-order chi connectivity index (χ1) is 9.54. The molecule has 0 aromatic rings. The lowest BCUT2D eigenvalue weighted by molar-refractivity contribution is 0.0563.